The molecule has 0 aliphatic heterocycles. The summed E-state index contributed by atoms with van der Waals surface area (Å²) >= 11 is 0. The number of hydrogen-bond acceptors (Lipinski definition) is 4. The Kier molecular flexibility index (Phi) is 4.00. The first kappa shape index (κ1) is 13.7. The van der Waals surface area contributed by atoms with Crippen LogP contribution in [0.4, 0.5) is 0 Å². The monoisotopic (exact) mass is 259 g/mol. The van der Waals surface area contributed by atoms with E-state index >= 15 is 0 Å². The van der Waals surface area contributed by atoms with Crippen LogP contribution >= 0.6 is 0 Å². The SMILES string of the molecule is CNCCc1noc(-c2ccccc2C(C)(C)C)n1. The second-order valence-corrected chi connectivity index (χ2v) is 5.66. The minimum atomic E-state index is 0.0518. The van der Waals surface area contributed by atoms with Crippen LogP contribution in [-0.2, 0) is 11.8 Å². The Hall–Kier alpha value is -1.68. The molecule has 2 rings (SSSR count). The van der Waals surface area contributed by atoms with E-state index in [0.717, 1.165) is 24.4 Å². The van der Waals surface area contributed by atoms with E-state index < -0.39 is 0 Å². The summed E-state index contributed by atoms with van der Waals surface area (Å²) < 4.78 is 5.39. The van der Waals surface area contributed by atoms with Gasteiger partial charge in [0, 0.05) is 18.5 Å². The normalized spacial score (nSPS) is 11.8. The molecule has 102 valence electrons. The lowest BCUT2D eigenvalue weighted by atomic mass is 9.84. The van der Waals surface area contributed by atoms with Crippen molar-refractivity contribution in [3.05, 3.63) is 35.7 Å². The van der Waals surface area contributed by atoms with Crippen LogP contribution in [0.2, 0.25) is 0 Å². The van der Waals surface area contributed by atoms with Gasteiger partial charge in [0.25, 0.3) is 5.89 Å². The lowest BCUT2D eigenvalue weighted by Gasteiger charge is -2.21. The Morgan fingerprint density at radius 1 is 1.21 bits per heavy atom. The number of likely N-dealkylation sites (N-methyl/N-ethyl adjacent to an activating group) is 1. The molecule has 2 aromatic rings. The van der Waals surface area contributed by atoms with Crippen molar-refractivity contribution in [2.75, 3.05) is 13.6 Å². The standard InChI is InChI=1S/C15H21N3O/c1-15(2,3)12-8-6-5-7-11(12)14-17-13(18-19-14)9-10-16-4/h5-8,16H,9-10H2,1-4H3. The summed E-state index contributed by atoms with van der Waals surface area (Å²) in [5, 5.41) is 7.11. The highest BCUT2D eigenvalue weighted by molar-refractivity contribution is 5.60. The van der Waals surface area contributed by atoms with Gasteiger partial charge in [-0.15, -0.1) is 0 Å². The van der Waals surface area contributed by atoms with Gasteiger partial charge in [-0.1, -0.05) is 44.1 Å². The minimum Gasteiger partial charge on any atom is -0.334 e. The van der Waals surface area contributed by atoms with E-state index in [4.69, 9.17) is 4.52 Å². The first-order valence-corrected chi connectivity index (χ1v) is 6.59. The summed E-state index contributed by atoms with van der Waals surface area (Å²) in [6.07, 6.45) is 0.775. The number of nitrogens with one attached hydrogen (secondary N) is 1. The fourth-order valence-electron chi connectivity index (χ4n) is 2.03. The molecule has 1 N–H and O–H groups in total. The van der Waals surface area contributed by atoms with Gasteiger partial charge in [0.2, 0.25) is 0 Å². The summed E-state index contributed by atoms with van der Waals surface area (Å²) in [5.74, 6) is 1.35. The van der Waals surface area contributed by atoms with Gasteiger partial charge >= 0.3 is 0 Å². The smallest absolute Gasteiger partial charge is 0.258 e. The maximum Gasteiger partial charge on any atom is 0.258 e. The van der Waals surface area contributed by atoms with Crippen LogP contribution in [0, 0.1) is 0 Å². The van der Waals surface area contributed by atoms with Crippen LogP contribution in [0.25, 0.3) is 11.5 Å². The quantitative estimate of drug-likeness (QED) is 0.917. The largest absolute Gasteiger partial charge is 0.334 e. The molecule has 1 heterocycles. The summed E-state index contributed by atoms with van der Waals surface area (Å²) in [4.78, 5) is 4.47. The van der Waals surface area contributed by atoms with Crippen LogP contribution in [-0.4, -0.2) is 23.7 Å². The molecule has 0 aliphatic carbocycles. The molecule has 1 aromatic heterocycles. The molecule has 19 heavy (non-hydrogen) atoms. The van der Waals surface area contributed by atoms with Gasteiger partial charge < -0.3 is 9.84 Å². The second-order valence-electron chi connectivity index (χ2n) is 5.66. The predicted octanol–water partition coefficient (Wildman–Crippen LogP) is 2.80. The fourth-order valence-corrected chi connectivity index (χ4v) is 2.03. The van der Waals surface area contributed by atoms with Gasteiger partial charge in [0.1, 0.15) is 0 Å². The van der Waals surface area contributed by atoms with Crippen molar-refractivity contribution < 1.29 is 4.52 Å². The number of hydrogen-bond donors (Lipinski definition) is 1. The van der Waals surface area contributed by atoms with Gasteiger partial charge in [0.15, 0.2) is 5.82 Å². The summed E-state index contributed by atoms with van der Waals surface area (Å²) in [6, 6.07) is 8.20. The minimum absolute atomic E-state index is 0.0518. The highest BCUT2D eigenvalue weighted by atomic mass is 16.5. The Balaban J connectivity index is 2.34. The first-order chi connectivity index (χ1) is 9.02. The molecule has 4 nitrogen and oxygen atoms in total. The molecule has 0 atom stereocenters. The third-order valence-electron chi connectivity index (χ3n) is 3.03. The average molecular weight is 259 g/mol. The highest BCUT2D eigenvalue weighted by Gasteiger charge is 2.21. The van der Waals surface area contributed by atoms with E-state index in [9.17, 15) is 0 Å². The Morgan fingerprint density at radius 2 is 1.95 bits per heavy atom. The molecule has 0 aliphatic rings. The summed E-state index contributed by atoms with van der Waals surface area (Å²) in [7, 11) is 1.91. The van der Waals surface area contributed by atoms with Gasteiger partial charge in [-0.3, -0.25) is 0 Å². The van der Waals surface area contributed by atoms with Gasteiger partial charge in [0.05, 0.1) is 0 Å². The van der Waals surface area contributed by atoms with Crippen LogP contribution in [0.15, 0.2) is 28.8 Å². The molecular formula is C15H21N3O. The Labute approximate surface area is 114 Å². The van der Waals surface area contributed by atoms with Crippen molar-refractivity contribution in [1.82, 2.24) is 15.5 Å². The van der Waals surface area contributed by atoms with Crippen LogP contribution in [0.5, 0.6) is 0 Å². The van der Waals surface area contributed by atoms with E-state index in [2.05, 4.69) is 42.3 Å². The Bertz CT molecular complexity index is 540. The Morgan fingerprint density at radius 3 is 2.63 bits per heavy atom. The highest BCUT2D eigenvalue weighted by Crippen LogP contribution is 2.31. The zero-order valence-electron chi connectivity index (χ0n) is 12.0. The third-order valence-corrected chi connectivity index (χ3v) is 3.03. The van der Waals surface area contributed by atoms with Gasteiger partial charge in [-0.2, -0.15) is 4.98 Å². The molecule has 0 spiro atoms. The van der Waals surface area contributed by atoms with Crippen molar-refractivity contribution in [1.29, 1.82) is 0 Å². The van der Waals surface area contributed by atoms with E-state index in [1.54, 1.807) is 0 Å². The molecule has 0 bridgehead atoms. The first-order valence-electron chi connectivity index (χ1n) is 6.59. The van der Waals surface area contributed by atoms with Crippen molar-refractivity contribution in [3.8, 4) is 11.5 Å². The van der Waals surface area contributed by atoms with Crippen molar-refractivity contribution >= 4 is 0 Å². The van der Waals surface area contributed by atoms with E-state index in [-0.39, 0.29) is 5.41 Å². The number of aromatic nitrogens is 2. The van der Waals surface area contributed by atoms with E-state index in [1.165, 1.54) is 5.56 Å². The molecular weight excluding hydrogens is 238 g/mol. The van der Waals surface area contributed by atoms with Crippen molar-refractivity contribution in [2.45, 2.75) is 32.6 Å². The third kappa shape index (κ3) is 3.20. The number of nitrogens with zero attached hydrogens (tertiary/aromatic N) is 2. The molecule has 0 saturated carbocycles. The summed E-state index contributed by atoms with van der Waals surface area (Å²) in [5.41, 5.74) is 2.30. The average Bonchev–Trinajstić information content (AvgIpc) is 2.84. The van der Waals surface area contributed by atoms with E-state index in [1.807, 2.05) is 25.2 Å². The topological polar surface area (TPSA) is 51.0 Å². The number of rotatable bonds is 4. The lowest BCUT2D eigenvalue weighted by molar-refractivity contribution is 0.420. The summed E-state index contributed by atoms with van der Waals surface area (Å²) in [6.45, 7) is 7.40. The van der Waals surface area contributed by atoms with Crippen LogP contribution < -0.4 is 5.32 Å². The number of benzene rings is 1. The predicted molar refractivity (Wildman–Crippen MR) is 76.1 cm³/mol. The fraction of sp³-hybridized carbons (Fsp3) is 0.467. The molecule has 0 radical (unpaired) electrons. The van der Waals surface area contributed by atoms with Gasteiger partial charge in [-0.25, -0.2) is 0 Å². The van der Waals surface area contributed by atoms with Gasteiger partial charge in [-0.05, 0) is 24.1 Å². The van der Waals surface area contributed by atoms with Crippen LogP contribution in [0.3, 0.4) is 0 Å². The van der Waals surface area contributed by atoms with Crippen molar-refractivity contribution in [3.63, 3.8) is 0 Å². The maximum atomic E-state index is 5.39. The van der Waals surface area contributed by atoms with E-state index in [0.29, 0.717) is 5.89 Å². The van der Waals surface area contributed by atoms with Crippen LogP contribution in [0.1, 0.15) is 32.2 Å². The molecule has 4 heteroatoms. The molecule has 0 fully saturated rings. The zero-order chi connectivity index (χ0) is 13.9. The lowest BCUT2D eigenvalue weighted by Crippen LogP contribution is -2.12. The maximum absolute atomic E-state index is 5.39. The second kappa shape index (κ2) is 5.53. The molecule has 0 saturated heterocycles. The molecule has 0 unspecified atom stereocenters. The van der Waals surface area contributed by atoms with Crippen molar-refractivity contribution in [2.24, 2.45) is 0 Å². The molecule has 0 amide bonds. The zero-order valence-corrected chi connectivity index (χ0v) is 12.0. The molecule has 1 aromatic carbocycles.